The standard InChI is InChI=1S/C50H37N3.C3H6/c1-52(45-10-4-2-5-11-45)46-34-32-43(33-35-46)41-26-24-39(25-27-41)37-18-16-36(17-19-37)38-20-22-40(23-21-38)42-28-30-44(31-29-42)50-51-48-14-8-9-15-49(48)53(50)47-12-6-3-7-13-47;1-3-2/h2-35H,1H3;3H,1H2,2H3. The molecule has 9 aromatic rings. The third-order valence-electron chi connectivity index (χ3n) is 10.1. The SMILES string of the molecule is C=CC.CN(c1ccccc1)c1ccc(-c2ccc(-c3ccc(-c4ccc(-c5ccc(-c6nc7ccccc7n6-c6ccccc6)cc5)cc4)cc3)cc2)cc1. The van der Waals surface area contributed by atoms with Crippen LogP contribution in [0.4, 0.5) is 11.4 Å². The highest BCUT2D eigenvalue weighted by Gasteiger charge is 2.14. The van der Waals surface area contributed by atoms with Gasteiger partial charge >= 0.3 is 0 Å². The summed E-state index contributed by atoms with van der Waals surface area (Å²) in [4.78, 5) is 7.23. The van der Waals surface area contributed by atoms with Crippen LogP contribution in [0.25, 0.3) is 72.6 Å². The van der Waals surface area contributed by atoms with Crippen LogP contribution in [0.1, 0.15) is 6.92 Å². The first kappa shape index (κ1) is 35.8. The number of anilines is 2. The number of nitrogens with zero attached hydrogens (tertiary/aromatic N) is 3. The summed E-state index contributed by atoms with van der Waals surface area (Å²) in [6, 6.07) is 73.3. The molecule has 56 heavy (non-hydrogen) atoms. The number of rotatable bonds is 8. The van der Waals surface area contributed by atoms with Crippen LogP contribution in [0.15, 0.2) is 219 Å². The smallest absolute Gasteiger partial charge is 0.145 e. The molecule has 3 nitrogen and oxygen atoms in total. The maximum atomic E-state index is 5.03. The molecular formula is C53H43N3. The summed E-state index contributed by atoms with van der Waals surface area (Å²) in [5.41, 5.74) is 16.2. The van der Waals surface area contributed by atoms with E-state index in [-0.39, 0.29) is 0 Å². The van der Waals surface area contributed by atoms with Crippen molar-refractivity contribution in [2.75, 3.05) is 11.9 Å². The minimum absolute atomic E-state index is 0.941. The summed E-state index contributed by atoms with van der Waals surface area (Å²) in [5.74, 6) is 0.941. The van der Waals surface area contributed by atoms with Gasteiger partial charge in [0.1, 0.15) is 5.82 Å². The van der Waals surface area contributed by atoms with Gasteiger partial charge in [0.05, 0.1) is 11.0 Å². The van der Waals surface area contributed by atoms with Gasteiger partial charge in [0, 0.05) is 29.7 Å². The van der Waals surface area contributed by atoms with Crippen molar-refractivity contribution in [3.8, 4) is 61.6 Å². The van der Waals surface area contributed by atoms with Crippen LogP contribution in [0.3, 0.4) is 0 Å². The van der Waals surface area contributed by atoms with Crippen molar-refractivity contribution in [1.82, 2.24) is 9.55 Å². The molecule has 1 heterocycles. The monoisotopic (exact) mass is 721 g/mol. The maximum absolute atomic E-state index is 5.03. The summed E-state index contributed by atoms with van der Waals surface area (Å²) in [6.07, 6.45) is 1.75. The minimum Gasteiger partial charge on any atom is -0.345 e. The fourth-order valence-electron chi connectivity index (χ4n) is 7.11. The average molecular weight is 722 g/mol. The number of imidazole rings is 1. The molecule has 0 bridgehead atoms. The first-order chi connectivity index (χ1) is 27.6. The van der Waals surface area contributed by atoms with E-state index in [9.17, 15) is 0 Å². The lowest BCUT2D eigenvalue weighted by Crippen LogP contribution is -2.08. The second-order valence-corrected chi connectivity index (χ2v) is 13.8. The van der Waals surface area contributed by atoms with Crippen molar-refractivity contribution in [3.05, 3.63) is 219 Å². The molecule has 1 aromatic heterocycles. The van der Waals surface area contributed by atoms with E-state index in [1.54, 1.807) is 6.08 Å². The van der Waals surface area contributed by atoms with Gasteiger partial charge in [-0.2, -0.15) is 0 Å². The van der Waals surface area contributed by atoms with Gasteiger partial charge in [-0.1, -0.05) is 164 Å². The number of para-hydroxylation sites is 4. The van der Waals surface area contributed by atoms with Crippen molar-refractivity contribution in [1.29, 1.82) is 0 Å². The largest absolute Gasteiger partial charge is 0.345 e. The molecular weight excluding hydrogens is 679 g/mol. The van der Waals surface area contributed by atoms with Crippen LogP contribution < -0.4 is 4.90 Å². The second-order valence-electron chi connectivity index (χ2n) is 13.8. The Morgan fingerprint density at radius 2 is 0.732 bits per heavy atom. The minimum atomic E-state index is 0.941. The zero-order valence-corrected chi connectivity index (χ0v) is 31.8. The molecule has 0 aliphatic heterocycles. The van der Waals surface area contributed by atoms with Gasteiger partial charge in [-0.3, -0.25) is 4.57 Å². The van der Waals surface area contributed by atoms with Gasteiger partial charge in [-0.05, 0) is 100.0 Å². The van der Waals surface area contributed by atoms with Crippen molar-refractivity contribution in [3.63, 3.8) is 0 Å². The molecule has 0 saturated heterocycles. The van der Waals surface area contributed by atoms with E-state index >= 15 is 0 Å². The Morgan fingerprint density at radius 1 is 0.411 bits per heavy atom. The van der Waals surface area contributed by atoms with E-state index in [1.165, 1.54) is 55.9 Å². The van der Waals surface area contributed by atoms with E-state index in [0.717, 1.165) is 28.1 Å². The van der Waals surface area contributed by atoms with Gasteiger partial charge < -0.3 is 4.90 Å². The summed E-state index contributed by atoms with van der Waals surface area (Å²) in [5, 5.41) is 0. The third kappa shape index (κ3) is 7.57. The van der Waals surface area contributed by atoms with E-state index in [1.807, 2.05) is 25.1 Å². The number of benzene rings is 8. The molecule has 8 aromatic carbocycles. The topological polar surface area (TPSA) is 21.1 Å². The summed E-state index contributed by atoms with van der Waals surface area (Å²) < 4.78 is 2.24. The van der Waals surface area contributed by atoms with Gasteiger partial charge in [0.2, 0.25) is 0 Å². The van der Waals surface area contributed by atoms with Crippen molar-refractivity contribution in [2.24, 2.45) is 0 Å². The van der Waals surface area contributed by atoms with Gasteiger partial charge in [-0.25, -0.2) is 4.98 Å². The van der Waals surface area contributed by atoms with Crippen molar-refractivity contribution < 1.29 is 0 Å². The Hall–Kier alpha value is -7.23. The van der Waals surface area contributed by atoms with Gasteiger partial charge in [0.25, 0.3) is 0 Å². The van der Waals surface area contributed by atoms with E-state index in [0.29, 0.717) is 0 Å². The quantitative estimate of drug-likeness (QED) is 0.146. The summed E-state index contributed by atoms with van der Waals surface area (Å²) in [7, 11) is 2.10. The molecule has 0 unspecified atom stereocenters. The zero-order valence-electron chi connectivity index (χ0n) is 31.8. The third-order valence-corrected chi connectivity index (χ3v) is 10.1. The fourth-order valence-corrected chi connectivity index (χ4v) is 7.11. The van der Waals surface area contributed by atoms with Crippen LogP contribution in [0.5, 0.6) is 0 Å². The molecule has 0 radical (unpaired) electrons. The molecule has 3 heteroatoms. The first-order valence-electron chi connectivity index (χ1n) is 19.0. The van der Waals surface area contributed by atoms with Crippen molar-refractivity contribution >= 4 is 22.4 Å². The van der Waals surface area contributed by atoms with Gasteiger partial charge in [-0.15, -0.1) is 6.58 Å². The summed E-state index contributed by atoms with van der Waals surface area (Å²) in [6.45, 7) is 5.25. The number of hydrogen-bond acceptors (Lipinski definition) is 2. The lowest BCUT2D eigenvalue weighted by molar-refractivity contribution is 1.10. The average Bonchev–Trinajstić information content (AvgIpc) is 3.67. The Bertz CT molecular complexity index is 2660. The molecule has 0 N–H and O–H groups in total. The summed E-state index contributed by atoms with van der Waals surface area (Å²) >= 11 is 0. The molecule has 0 aliphatic rings. The van der Waals surface area contributed by atoms with E-state index in [2.05, 4.69) is 211 Å². The van der Waals surface area contributed by atoms with Crippen LogP contribution in [-0.4, -0.2) is 16.6 Å². The lowest BCUT2D eigenvalue weighted by Gasteiger charge is -2.19. The molecule has 0 atom stereocenters. The molecule has 0 spiro atoms. The lowest BCUT2D eigenvalue weighted by atomic mass is 9.96. The molecule has 270 valence electrons. The number of allylic oxidation sites excluding steroid dienone is 1. The highest BCUT2D eigenvalue weighted by atomic mass is 15.1. The number of aromatic nitrogens is 2. The van der Waals surface area contributed by atoms with E-state index in [4.69, 9.17) is 4.98 Å². The Morgan fingerprint density at radius 3 is 1.16 bits per heavy atom. The zero-order chi connectivity index (χ0) is 38.3. The fraction of sp³-hybridized carbons (Fsp3) is 0.0377. The molecule has 0 aliphatic carbocycles. The Balaban J connectivity index is 0.00000143. The normalized spacial score (nSPS) is 10.8. The number of hydrogen-bond donors (Lipinski definition) is 0. The van der Waals surface area contributed by atoms with Crippen LogP contribution in [-0.2, 0) is 0 Å². The van der Waals surface area contributed by atoms with Crippen LogP contribution in [0.2, 0.25) is 0 Å². The second kappa shape index (κ2) is 16.4. The van der Waals surface area contributed by atoms with E-state index < -0.39 is 0 Å². The number of fused-ring (bicyclic) bond motifs is 1. The maximum Gasteiger partial charge on any atom is 0.145 e. The predicted octanol–water partition coefficient (Wildman–Crippen LogP) is 14.3. The molecule has 0 saturated carbocycles. The highest BCUT2D eigenvalue weighted by Crippen LogP contribution is 2.33. The van der Waals surface area contributed by atoms with Crippen molar-refractivity contribution in [2.45, 2.75) is 6.92 Å². The van der Waals surface area contributed by atoms with Crippen LogP contribution in [0, 0.1) is 0 Å². The van der Waals surface area contributed by atoms with Crippen LogP contribution >= 0.6 is 0 Å². The molecule has 0 fully saturated rings. The predicted molar refractivity (Wildman–Crippen MR) is 239 cm³/mol. The molecule has 9 rings (SSSR count). The van der Waals surface area contributed by atoms with Gasteiger partial charge in [0.15, 0.2) is 0 Å². The Labute approximate surface area is 330 Å². The molecule has 0 amide bonds. The Kier molecular flexibility index (Phi) is 10.5. The highest BCUT2D eigenvalue weighted by molar-refractivity contribution is 5.84. The first-order valence-corrected chi connectivity index (χ1v) is 19.0.